The van der Waals surface area contributed by atoms with E-state index in [0.717, 1.165) is 15.7 Å². The fraction of sp³-hybridized carbons (Fsp3) is 0.304. The molecule has 1 heterocycles. The van der Waals surface area contributed by atoms with Crippen LogP contribution in [0.4, 0.5) is 13.2 Å². The van der Waals surface area contributed by atoms with Crippen LogP contribution in [-0.4, -0.2) is 39.9 Å². The zero-order chi connectivity index (χ0) is 23.2. The first-order chi connectivity index (χ1) is 15.2. The molecular weight excluding hydrogens is 423 g/mol. The second-order valence-electron chi connectivity index (χ2n) is 7.38. The smallest absolute Gasteiger partial charge is 0.424 e. The Labute approximate surface area is 183 Å². The summed E-state index contributed by atoms with van der Waals surface area (Å²) in [5, 5.41) is 12.7. The molecular formula is C23H24F3N3O3. The number of hydrogen-bond acceptors (Lipinski definition) is 4. The van der Waals surface area contributed by atoms with Gasteiger partial charge in [0.05, 0.1) is 0 Å². The van der Waals surface area contributed by atoms with Gasteiger partial charge in [-0.25, -0.2) is 4.98 Å². The minimum Gasteiger partial charge on any atom is -0.483 e. The number of halogens is 3. The number of carbonyl (C=O) groups excluding carboxylic acids is 1. The molecule has 0 saturated heterocycles. The summed E-state index contributed by atoms with van der Waals surface area (Å²) >= 11 is 0. The van der Waals surface area contributed by atoms with Gasteiger partial charge in [0.1, 0.15) is 11.6 Å². The molecule has 0 saturated carbocycles. The molecule has 1 aromatic heterocycles. The summed E-state index contributed by atoms with van der Waals surface area (Å²) in [5.74, 6) is -0.611. The number of ether oxygens (including phenoxy) is 1. The Kier molecular flexibility index (Phi) is 7.19. The molecule has 6 nitrogen and oxygen atoms in total. The van der Waals surface area contributed by atoms with Crippen molar-refractivity contribution in [2.75, 3.05) is 13.2 Å². The third-order valence-electron chi connectivity index (χ3n) is 5.04. The minimum atomic E-state index is -4.95. The van der Waals surface area contributed by atoms with Crippen molar-refractivity contribution in [2.45, 2.75) is 24.6 Å². The van der Waals surface area contributed by atoms with Crippen molar-refractivity contribution in [3.8, 4) is 5.75 Å². The van der Waals surface area contributed by atoms with Crippen molar-refractivity contribution >= 4 is 5.91 Å². The molecule has 0 aliphatic carbocycles. The number of carbonyl (C=O) groups is 1. The monoisotopic (exact) mass is 447 g/mol. The minimum absolute atomic E-state index is 0.362. The number of imidazole rings is 1. The third kappa shape index (κ3) is 5.47. The van der Waals surface area contributed by atoms with Crippen molar-refractivity contribution in [3.63, 3.8) is 0 Å². The molecule has 32 heavy (non-hydrogen) atoms. The lowest BCUT2D eigenvalue weighted by Gasteiger charge is -2.29. The van der Waals surface area contributed by atoms with Crippen molar-refractivity contribution in [3.05, 3.63) is 83.9 Å². The fourth-order valence-electron chi connectivity index (χ4n) is 3.33. The Bertz CT molecular complexity index is 1040. The van der Waals surface area contributed by atoms with Crippen LogP contribution in [-0.2, 0) is 23.9 Å². The van der Waals surface area contributed by atoms with E-state index < -0.39 is 36.5 Å². The van der Waals surface area contributed by atoms with E-state index in [1.165, 1.54) is 19.4 Å². The van der Waals surface area contributed by atoms with Crippen LogP contribution in [0.5, 0.6) is 5.75 Å². The number of alkyl halides is 3. The largest absolute Gasteiger partial charge is 0.483 e. The zero-order valence-electron chi connectivity index (χ0n) is 17.5. The van der Waals surface area contributed by atoms with Gasteiger partial charge < -0.3 is 19.7 Å². The van der Waals surface area contributed by atoms with Crippen molar-refractivity contribution < 1.29 is 27.8 Å². The molecule has 0 bridgehead atoms. The summed E-state index contributed by atoms with van der Waals surface area (Å²) in [5.41, 5.74) is -1.22. The Morgan fingerprint density at radius 3 is 2.47 bits per heavy atom. The predicted molar refractivity (Wildman–Crippen MR) is 112 cm³/mol. The highest BCUT2D eigenvalue weighted by Crippen LogP contribution is 2.40. The Morgan fingerprint density at radius 2 is 1.81 bits per heavy atom. The van der Waals surface area contributed by atoms with Gasteiger partial charge in [-0.3, -0.25) is 4.79 Å². The molecule has 3 aromatic rings. The van der Waals surface area contributed by atoms with E-state index in [-0.39, 0.29) is 6.61 Å². The summed E-state index contributed by atoms with van der Waals surface area (Å²) in [4.78, 5) is 15.8. The second kappa shape index (κ2) is 9.86. The van der Waals surface area contributed by atoms with Crippen LogP contribution in [0, 0.1) is 0 Å². The van der Waals surface area contributed by atoms with E-state index in [2.05, 4.69) is 10.3 Å². The molecule has 0 aliphatic rings. The van der Waals surface area contributed by atoms with Gasteiger partial charge in [-0.05, 0) is 17.2 Å². The second-order valence-corrected chi connectivity index (χ2v) is 7.38. The number of benzene rings is 2. The molecule has 0 radical (unpaired) electrons. The van der Waals surface area contributed by atoms with E-state index in [0.29, 0.717) is 12.2 Å². The number of amides is 1. The topological polar surface area (TPSA) is 76.4 Å². The van der Waals surface area contributed by atoms with E-state index in [4.69, 9.17) is 4.74 Å². The predicted octanol–water partition coefficient (Wildman–Crippen LogP) is 3.35. The molecule has 2 N–H and O–H groups in total. The van der Waals surface area contributed by atoms with Gasteiger partial charge in [-0.15, -0.1) is 0 Å². The van der Waals surface area contributed by atoms with Gasteiger partial charge in [0.25, 0.3) is 5.91 Å². The van der Waals surface area contributed by atoms with Gasteiger partial charge in [0, 0.05) is 38.8 Å². The van der Waals surface area contributed by atoms with E-state index >= 15 is 0 Å². The lowest BCUT2D eigenvalue weighted by molar-refractivity contribution is -0.272. The number of aromatic nitrogens is 2. The SMILES string of the molecule is Cn1ccnc1C(O)(CCNC(=O)COc1ccccc1Cc1ccccc1)C(F)(F)F. The van der Waals surface area contributed by atoms with Crippen LogP contribution in [0.15, 0.2) is 67.0 Å². The van der Waals surface area contributed by atoms with Crippen LogP contribution >= 0.6 is 0 Å². The van der Waals surface area contributed by atoms with Crippen molar-refractivity contribution in [1.82, 2.24) is 14.9 Å². The van der Waals surface area contributed by atoms with Gasteiger partial charge in [-0.1, -0.05) is 48.5 Å². The van der Waals surface area contributed by atoms with E-state index in [1.807, 2.05) is 42.5 Å². The highest BCUT2D eigenvalue weighted by molar-refractivity contribution is 5.77. The zero-order valence-corrected chi connectivity index (χ0v) is 17.5. The van der Waals surface area contributed by atoms with Crippen molar-refractivity contribution in [1.29, 1.82) is 0 Å². The molecule has 1 atom stereocenters. The highest BCUT2D eigenvalue weighted by atomic mass is 19.4. The molecule has 9 heteroatoms. The van der Waals surface area contributed by atoms with E-state index in [1.54, 1.807) is 12.1 Å². The molecule has 170 valence electrons. The number of nitrogens with one attached hydrogen (secondary N) is 1. The maximum absolute atomic E-state index is 13.5. The third-order valence-corrected chi connectivity index (χ3v) is 5.04. The molecule has 0 fully saturated rings. The van der Waals surface area contributed by atoms with Crippen LogP contribution in [0.25, 0.3) is 0 Å². The lowest BCUT2D eigenvalue weighted by Crippen LogP contribution is -2.47. The maximum atomic E-state index is 13.5. The van der Waals surface area contributed by atoms with Gasteiger partial charge in [0.15, 0.2) is 6.61 Å². The summed E-state index contributed by atoms with van der Waals surface area (Å²) in [7, 11) is 1.36. The number of nitrogens with zero attached hydrogens (tertiary/aromatic N) is 2. The Balaban J connectivity index is 1.56. The normalized spacial score (nSPS) is 13.4. The first-order valence-corrected chi connectivity index (χ1v) is 9.99. The molecule has 3 rings (SSSR count). The van der Waals surface area contributed by atoms with Crippen LogP contribution < -0.4 is 10.1 Å². The van der Waals surface area contributed by atoms with Crippen LogP contribution in [0.3, 0.4) is 0 Å². The summed E-state index contributed by atoms with van der Waals surface area (Å²) in [6.07, 6.45) is -2.64. The quantitative estimate of drug-likeness (QED) is 0.528. The Morgan fingerprint density at radius 1 is 1.12 bits per heavy atom. The summed E-state index contributed by atoms with van der Waals surface area (Å²) in [6.45, 7) is -0.768. The maximum Gasteiger partial charge on any atom is 0.424 e. The Hall–Kier alpha value is -3.33. The average molecular weight is 447 g/mol. The molecule has 2 aromatic carbocycles. The van der Waals surface area contributed by atoms with Crippen LogP contribution in [0.2, 0.25) is 0 Å². The van der Waals surface area contributed by atoms with Gasteiger partial charge >= 0.3 is 6.18 Å². The van der Waals surface area contributed by atoms with Crippen molar-refractivity contribution in [2.24, 2.45) is 7.05 Å². The molecule has 1 amide bonds. The van der Waals surface area contributed by atoms with E-state index in [9.17, 15) is 23.1 Å². The van der Waals surface area contributed by atoms with Gasteiger partial charge in [0.2, 0.25) is 5.60 Å². The lowest BCUT2D eigenvalue weighted by atomic mass is 9.97. The average Bonchev–Trinajstić information content (AvgIpc) is 3.19. The van der Waals surface area contributed by atoms with Gasteiger partial charge in [-0.2, -0.15) is 13.2 Å². The number of para-hydroxylation sites is 1. The molecule has 0 spiro atoms. The first-order valence-electron chi connectivity index (χ1n) is 9.99. The number of aryl methyl sites for hydroxylation is 1. The molecule has 1 unspecified atom stereocenters. The highest BCUT2D eigenvalue weighted by Gasteiger charge is 2.57. The number of hydrogen-bond donors (Lipinski definition) is 2. The molecule has 0 aliphatic heterocycles. The first kappa shape index (κ1) is 23.3. The van der Waals surface area contributed by atoms with Crippen LogP contribution in [0.1, 0.15) is 23.4 Å². The summed E-state index contributed by atoms with van der Waals surface area (Å²) in [6, 6.07) is 17.0. The standard InChI is InChI=1S/C23H24F3N3O3/c1-29-14-13-28-21(29)22(31,23(24,25)26)11-12-27-20(30)16-32-19-10-6-5-9-18(19)15-17-7-3-2-4-8-17/h2-10,13-14,31H,11-12,15-16H2,1H3,(H,27,30). The fourth-order valence-corrected chi connectivity index (χ4v) is 3.33. The number of aliphatic hydroxyl groups is 1. The number of rotatable bonds is 9. The summed E-state index contributed by atoms with van der Waals surface area (Å²) < 4.78 is 47.3.